The van der Waals surface area contributed by atoms with Crippen LogP contribution in [0, 0.1) is 0 Å². The van der Waals surface area contributed by atoms with Crippen molar-refractivity contribution >= 4 is 10.9 Å². The topological polar surface area (TPSA) is 49.1 Å². The lowest BCUT2D eigenvalue weighted by atomic mass is 10.1. The van der Waals surface area contributed by atoms with Gasteiger partial charge in [0.2, 0.25) is 0 Å². The molecule has 1 heterocycles. The predicted molar refractivity (Wildman–Crippen MR) is 79.4 cm³/mol. The zero-order chi connectivity index (χ0) is 13.3. The van der Waals surface area contributed by atoms with Crippen LogP contribution in [0.4, 0.5) is 0 Å². The number of hydrogen-bond acceptors (Lipinski definition) is 3. The van der Waals surface area contributed by atoms with Crippen molar-refractivity contribution in [3.05, 3.63) is 36.0 Å². The van der Waals surface area contributed by atoms with Gasteiger partial charge in [0.1, 0.15) is 0 Å². The van der Waals surface area contributed by atoms with E-state index in [1.807, 2.05) is 6.20 Å². The zero-order valence-corrected chi connectivity index (χ0v) is 11.5. The Hall–Kier alpha value is -1.36. The largest absolute Gasteiger partial charge is 0.383 e. The van der Waals surface area contributed by atoms with E-state index in [1.165, 1.54) is 16.5 Å². The van der Waals surface area contributed by atoms with E-state index in [0.29, 0.717) is 0 Å². The summed E-state index contributed by atoms with van der Waals surface area (Å²) in [6, 6.07) is 8.65. The Morgan fingerprint density at radius 3 is 2.89 bits per heavy atom. The highest BCUT2D eigenvalue weighted by Gasteiger charge is 1.97. The SMILES string of the molecule is COCCNCCCNCc1ccc2cc[nH]c2c1. The molecule has 2 rings (SSSR count). The van der Waals surface area contributed by atoms with Gasteiger partial charge in [-0.3, -0.25) is 0 Å². The molecule has 0 radical (unpaired) electrons. The van der Waals surface area contributed by atoms with Gasteiger partial charge in [-0.15, -0.1) is 0 Å². The molecule has 0 saturated carbocycles. The van der Waals surface area contributed by atoms with Crippen LogP contribution < -0.4 is 10.6 Å². The number of benzene rings is 1. The van der Waals surface area contributed by atoms with Gasteiger partial charge in [-0.25, -0.2) is 0 Å². The van der Waals surface area contributed by atoms with Crippen LogP contribution in [-0.4, -0.2) is 38.3 Å². The highest BCUT2D eigenvalue weighted by atomic mass is 16.5. The molecule has 0 fully saturated rings. The molecule has 4 heteroatoms. The standard InChI is InChI=1S/C15H23N3O/c1-19-10-9-16-6-2-7-17-12-13-3-4-14-5-8-18-15(14)11-13/h3-5,8,11,16-18H,2,6-7,9-10,12H2,1H3. The molecular formula is C15H23N3O. The van der Waals surface area contributed by atoms with Crippen molar-refractivity contribution in [2.75, 3.05) is 33.4 Å². The summed E-state index contributed by atoms with van der Waals surface area (Å²) in [4.78, 5) is 3.24. The highest BCUT2D eigenvalue weighted by molar-refractivity contribution is 5.79. The summed E-state index contributed by atoms with van der Waals surface area (Å²) in [5, 5.41) is 8.07. The van der Waals surface area contributed by atoms with Gasteiger partial charge in [-0.1, -0.05) is 12.1 Å². The van der Waals surface area contributed by atoms with Crippen molar-refractivity contribution in [3.8, 4) is 0 Å². The molecule has 3 N–H and O–H groups in total. The van der Waals surface area contributed by atoms with E-state index in [4.69, 9.17) is 4.74 Å². The van der Waals surface area contributed by atoms with Gasteiger partial charge in [0.25, 0.3) is 0 Å². The third-order valence-corrected chi connectivity index (χ3v) is 3.14. The lowest BCUT2D eigenvalue weighted by Gasteiger charge is -2.06. The van der Waals surface area contributed by atoms with Crippen LogP contribution in [0.1, 0.15) is 12.0 Å². The Morgan fingerprint density at radius 2 is 2.00 bits per heavy atom. The number of H-pyrrole nitrogens is 1. The molecule has 0 saturated heterocycles. The summed E-state index contributed by atoms with van der Waals surface area (Å²) in [6.45, 7) is 4.70. The molecule has 0 bridgehead atoms. The molecular weight excluding hydrogens is 238 g/mol. The number of methoxy groups -OCH3 is 1. The average Bonchev–Trinajstić information content (AvgIpc) is 2.89. The maximum atomic E-state index is 4.97. The molecule has 0 aliphatic carbocycles. The zero-order valence-electron chi connectivity index (χ0n) is 11.5. The normalized spacial score (nSPS) is 11.2. The van der Waals surface area contributed by atoms with Crippen molar-refractivity contribution in [2.45, 2.75) is 13.0 Å². The fraction of sp³-hybridized carbons (Fsp3) is 0.467. The monoisotopic (exact) mass is 261 g/mol. The summed E-state index contributed by atoms with van der Waals surface area (Å²) >= 11 is 0. The van der Waals surface area contributed by atoms with Crippen molar-refractivity contribution < 1.29 is 4.74 Å². The van der Waals surface area contributed by atoms with Gasteiger partial charge in [-0.05, 0) is 42.6 Å². The Bertz CT molecular complexity index is 481. The molecule has 0 aliphatic rings. The minimum atomic E-state index is 0.781. The Kier molecular flexibility index (Phi) is 5.88. The second-order valence-electron chi connectivity index (χ2n) is 4.67. The second kappa shape index (κ2) is 7.94. The van der Waals surface area contributed by atoms with Gasteiger partial charge >= 0.3 is 0 Å². The van der Waals surface area contributed by atoms with E-state index in [9.17, 15) is 0 Å². The molecule has 1 aromatic heterocycles. The van der Waals surface area contributed by atoms with Crippen LogP contribution >= 0.6 is 0 Å². The van der Waals surface area contributed by atoms with E-state index in [0.717, 1.165) is 39.2 Å². The minimum Gasteiger partial charge on any atom is -0.383 e. The van der Waals surface area contributed by atoms with Crippen LogP contribution in [0.15, 0.2) is 30.5 Å². The minimum absolute atomic E-state index is 0.781. The van der Waals surface area contributed by atoms with Crippen molar-refractivity contribution in [1.82, 2.24) is 15.6 Å². The molecule has 0 spiro atoms. The molecule has 4 nitrogen and oxygen atoms in total. The van der Waals surface area contributed by atoms with Crippen molar-refractivity contribution in [1.29, 1.82) is 0 Å². The van der Waals surface area contributed by atoms with Gasteiger partial charge in [0, 0.05) is 31.9 Å². The van der Waals surface area contributed by atoms with E-state index >= 15 is 0 Å². The third-order valence-electron chi connectivity index (χ3n) is 3.14. The Balaban J connectivity index is 1.60. The first-order chi connectivity index (χ1) is 9.40. The third kappa shape index (κ3) is 4.67. The van der Waals surface area contributed by atoms with Crippen LogP contribution in [0.25, 0.3) is 10.9 Å². The van der Waals surface area contributed by atoms with Crippen LogP contribution in [-0.2, 0) is 11.3 Å². The fourth-order valence-corrected chi connectivity index (χ4v) is 2.08. The van der Waals surface area contributed by atoms with Gasteiger partial charge in [0.05, 0.1) is 6.61 Å². The van der Waals surface area contributed by atoms with E-state index in [2.05, 4.69) is 39.9 Å². The number of ether oxygens (including phenoxy) is 1. The first kappa shape index (κ1) is 14.1. The predicted octanol–water partition coefficient (Wildman–Crippen LogP) is 1.88. The number of hydrogen-bond donors (Lipinski definition) is 3. The smallest absolute Gasteiger partial charge is 0.0587 e. The lowest BCUT2D eigenvalue weighted by molar-refractivity contribution is 0.199. The van der Waals surface area contributed by atoms with Crippen molar-refractivity contribution in [2.24, 2.45) is 0 Å². The Labute approximate surface area is 114 Å². The number of aromatic nitrogens is 1. The average molecular weight is 261 g/mol. The van der Waals surface area contributed by atoms with E-state index < -0.39 is 0 Å². The summed E-state index contributed by atoms with van der Waals surface area (Å²) in [7, 11) is 1.73. The maximum Gasteiger partial charge on any atom is 0.0587 e. The number of fused-ring (bicyclic) bond motifs is 1. The molecule has 0 unspecified atom stereocenters. The Morgan fingerprint density at radius 1 is 1.11 bits per heavy atom. The molecule has 0 atom stereocenters. The van der Waals surface area contributed by atoms with Crippen molar-refractivity contribution in [3.63, 3.8) is 0 Å². The van der Waals surface area contributed by atoms with Gasteiger partial charge in [0.15, 0.2) is 0 Å². The van der Waals surface area contributed by atoms with Gasteiger partial charge < -0.3 is 20.4 Å². The number of nitrogens with one attached hydrogen (secondary N) is 3. The van der Waals surface area contributed by atoms with E-state index in [-0.39, 0.29) is 0 Å². The van der Waals surface area contributed by atoms with Crippen LogP contribution in [0.2, 0.25) is 0 Å². The lowest BCUT2D eigenvalue weighted by Crippen LogP contribution is -2.24. The summed E-state index contributed by atoms with van der Waals surface area (Å²) < 4.78 is 4.97. The van der Waals surface area contributed by atoms with Crippen LogP contribution in [0.5, 0.6) is 0 Å². The maximum absolute atomic E-state index is 4.97. The molecule has 19 heavy (non-hydrogen) atoms. The first-order valence-corrected chi connectivity index (χ1v) is 6.86. The summed E-state index contributed by atoms with van der Waals surface area (Å²) in [5.41, 5.74) is 2.53. The van der Waals surface area contributed by atoms with Gasteiger partial charge in [-0.2, -0.15) is 0 Å². The second-order valence-corrected chi connectivity index (χ2v) is 4.67. The molecule has 104 valence electrons. The number of aromatic amines is 1. The number of rotatable bonds is 9. The molecule has 0 aliphatic heterocycles. The quantitative estimate of drug-likeness (QED) is 0.604. The summed E-state index contributed by atoms with van der Waals surface area (Å²) in [5.74, 6) is 0. The summed E-state index contributed by atoms with van der Waals surface area (Å²) in [6.07, 6.45) is 3.11. The molecule has 2 aromatic rings. The fourth-order valence-electron chi connectivity index (χ4n) is 2.08. The molecule has 0 amide bonds. The molecule has 1 aromatic carbocycles. The first-order valence-electron chi connectivity index (χ1n) is 6.86. The van der Waals surface area contributed by atoms with E-state index in [1.54, 1.807) is 7.11 Å². The highest BCUT2D eigenvalue weighted by Crippen LogP contribution is 2.13. The van der Waals surface area contributed by atoms with Crippen LogP contribution in [0.3, 0.4) is 0 Å².